The van der Waals surface area contributed by atoms with Gasteiger partial charge in [0.1, 0.15) is 5.82 Å². The summed E-state index contributed by atoms with van der Waals surface area (Å²) in [4.78, 5) is 16.2. The number of aromatic nitrogens is 2. The zero-order chi connectivity index (χ0) is 13.9. The van der Waals surface area contributed by atoms with Crippen molar-refractivity contribution in [2.45, 2.75) is 26.4 Å². The Morgan fingerprint density at radius 1 is 1.05 bits per heavy atom. The molecule has 3 heterocycles. The van der Waals surface area contributed by atoms with Gasteiger partial charge in [-0.25, -0.2) is 9.97 Å². The second-order valence-corrected chi connectivity index (χ2v) is 5.96. The first kappa shape index (κ1) is 13.9. The standard InChI is InChI=1S/C15H25N5/c1-3-18-4-6-20(7-5-18)15-11-19(12-15)10-14-8-16-13(2)17-9-14/h8-9,15H,3-7,10-12H2,1-2H3. The van der Waals surface area contributed by atoms with E-state index in [1.807, 2.05) is 19.3 Å². The number of likely N-dealkylation sites (N-methyl/N-ethyl adjacent to an activating group) is 1. The van der Waals surface area contributed by atoms with Gasteiger partial charge in [-0.1, -0.05) is 6.92 Å². The van der Waals surface area contributed by atoms with Gasteiger partial charge in [0, 0.05) is 69.8 Å². The zero-order valence-corrected chi connectivity index (χ0v) is 12.6. The number of rotatable bonds is 4. The first-order chi connectivity index (χ1) is 9.74. The van der Waals surface area contributed by atoms with Crippen molar-refractivity contribution in [1.29, 1.82) is 0 Å². The Kier molecular flexibility index (Phi) is 4.29. The van der Waals surface area contributed by atoms with Gasteiger partial charge in [-0.2, -0.15) is 0 Å². The van der Waals surface area contributed by atoms with E-state index < -0.39 is 0 Å². The van der Waals surface area contributed by atoms with E-state index in [1.54, 1.807) is 0 Å². The minimum atomic E-state index is 0.764. The SMILES string of the molecule is CCN1CCN(C2CN(Cc3cnc(C)nc3)C2)CC1. The average molecular weight is 275 g/mol. The van der Waals surface area contributed by atoms with Gasteiger partial charge >= 0.3 is 0 Å². The Labute approximate surface area is 121 Å². The molecule has 3 rings (SSSR count). The molecule has 110 valence electrons. The number of aryl methyl sites for hydroxylation is 1. The third kappa shape index (κ3) is 3.16. The number of nitrogens with zero attached hydrogens (tertiary/aromatic N) is 5. The second-order valence-electron chi connectivity index (χ2n) is 5.96. The fourth-order valence-electron chi connectivity index (χ4n) is 3.11. The maximum atomic E-state index is 4.26. The molecule has 5 heteroatoms. The summed E-state index contributed by atoms with van der Waals surface area (Å²) in [6.07, 6.45) is 3.91. The Balaban J connectivity index is 1.41. The van der Waals surface area contributed by atoms with Crippen LogP contribution in [0.2, 0.25) is 0 Å². The third-order valence-corrected chi connectivity index (χ3v) is 4.55. The highest BCUT2D eigenvalue weighted by molar-refractivity contribution is 5.06. The summed E-state index contributed by atoms with van der Waals surface area (Å²) in [7, 11) is 0. The van der Waals surface area contributed by atoms with E-state index in [-0.39, 0.29) is 0 Å². The fraction of sp³-hybridized carbons (Fsp3) is 0.733. The highest BCUT2D eigenvalue weighted by Crippen LogP contribution is 2.19. The van der Waals surface area contributed by atoms with Gasteiger partial charge in [0.15, 0.2) is 0 Å². The molecular weight excluding hydrogens is 250 g/mol. The van der Waals surface area contributed by atoms with Crippen LogP contribution in [0.1, 0.15) is 18.3 Å². The molecule has 0 atom stereocenters. The zero-order valence-electron chi connectivity index (χ0n) is 12.6. The van der Waals surface area contributed by atoms with Crippen LogP contribution >= 0.6 is 0 Å². The second kappa shape index (κ2) is 6.16. The van der Waals surface area contributed by atoms with Gasteiger partial charge < -0.3 is 4.90 Å². The lowest BCUT2D eigenvalue weighted by Gasteiger charge is -2.48. The molecular formula is C15H25N5. The quantitative estimate of drug-likeness (QED) is 0.804. The lowest BCUT2D eigenvalue weighted by Crippen LogP contribution is -2.62. The van der Waals surface area contributed by atoms with Gasteiger partial charge in [0.25, 0.3) is 0 Å². The summed E-state index contributed by atoms with van der Waals surface area (Å²) in [6, 6.07) is 0.764. The fourth-order valence-corrected chi connectivity index (χ4v) is 3.11. The molecule has 0 bridgehead atoms. The molecule has 1 aromatic rings. The molecule has 1 aromatic heterocycles. The van der Waals surface area contributed by atoms with Crippen LogP contribution in [-0.4, -0.2) is 76.5 Å². The molecule has 0 radical (unpaired) electrons. The average Bonchev–Trinajstić information content (AvgIpc) is 2.45. The summed E-state index contributed by atoms with van der Waals surface area (Å²) in [5.74, 6) is 0.851. The van der Waals surface area contributed by atoms with E-state index in [4.69, 9.17) is 0 Å². The van der Waals surface area contributed by atoms with E-state index in [2.05, 4.69) is 31.6 Å². The summed E-state index contributed by atoms with van der Waals surface area (Å²) in [5, 5.41) is 0. The van der Waals surface area contributed by atoms with E-state index >= 15 is 0 Å². The molecule has 0 amide bonds. The van der Waals surface area contributed by atoms with Crippen molar-refractivity contribution >= 4 is 0 Å². The smallest absolute Gasteiger partial charge is 0.125 e. The van der Waals surface area contributed by atoms with Crippen molar-refractivity contribution in [3.63, 3.8) is 0 Å². The molecule has 0 aliphatic carbocycles. The maximum Gasteiger partial charge on any atom is 0.125 e. The molecule has 2 saturated heterocycles. The van der Waals surface area contributed by atoms with Crippen LogP contribution < -0.4 is 0 Å². The van der Waals surface area contributed by atoms with E-state index in [1.165, 1.54) is 51.4 Å². The van der Waals surface area contributed by atoms with Crippen LogP contribution in [0.25, 0.3) is 0 Å². The third-order valence-electron chi connectivity index (χ3n) is 4.55. The summed E-state index contributed by atoms with van der Waals surface area (Å²) in [6.45, 7) is 13.7. The van der Waals surface area contributed by atoms with Gasteiger partial charge in [-0.05, 0) is 13.5 Å². The van der Waals surface area contributed by atoms with Crippen LogP contribution in [0.15, 0.2) is 12.4 Å². The number of hydrogen-bond acceptors (Lipinski definition) is 5. The lowest BCUT2D eigenvalue weighted by atomic mass is 10.1. The number of piperazine rings is 1. The Morgan fingerprint density at radius 3 is 2.30 bits per heavy atom. The molecule has 0 spiro atoms. The first-order valence-electron chi connectivity index (χ1n) is 7.71. The Bertz CT molecular complexity index is 418. The molecule has 2 aliphatic rings. The van der Waals surface area contributed by atoms with Crippen molar-refractivity contribution in [2.24, 2.45) is 0 Å². The highest BCUT2D eigenvalue weighted by atomic mass is 15.3. The van der Waals surface area contributed by atoms with Gasteiger partial charge in [0.05, 0.1) is 0 Å². The van der Waals surface area contributed by atoms with Crippen molar-refractivity contribution in [3.05, 3.63) is 23.8 Å². The predicted octanol–water partition coefficient (Wildman–Crippen LogP) is 0.607. The summed E-state index contributed by atoms with van der Waals surface area (Å²) < 4.78 is 0. The minimum absolute atomic E-state index is 0.764. The van der Waals surface area contributed by atoms with E-state index in [0.717, 1.165) is 18.4 Å². The van der Waals surface area contributed by atoms with Crippen LogP contribution in [0.3, 0.4) is 0 Å². The predicted molar refractivity (Wildman–Crippen MR) is 79.5 cm³/mol. The van der Waals surface area contributed by atoms with Crippen LogP contribution in [0.4, 0.5) is 0 Å². The minimum Gasteiger partial charge on any atom is -0.301 e. The van der Waals surface area contributed by atoms with E-state index in [9.17, 15) is 0 Å². The molecule has 0 aromatic carbocycles. The van der Waals surface area contributed by atoms with Crippen molar-refractivity contribution in [1.82, 2.24) is 24.7 Å². The number of likely N-dealkylation sites (tertiary alicyclic amines) is 1. The highest BCUT2D eigenvalue weighted by Gasteiger charge is 2.33. The Hall–Kier alpha value is -1.04. The summed E-state index contributed by atoms with van der Waals surface area (Å²) in [5.41, 5.74) is 1.23. The monoisotopic (exact) mass is 275 g/mol. The van der Waals surface area contributed by atoms with Crippen molar-refractivity contribution < 1.29 is 0 Å². The lowest BCUT2D eigenvalue weighted by molar-refractivity contribution is 0.00203. The molecule has 2 fully saturated rings. The first-order valence-corrected chi connectivity index (χ1v) is 7.71. The van der Waals surface area contributed by atoms with Crippen molar-refractivity contribution in [2.75, 3.05) is 45.8 Å². The van der Waals surface area contributed by atoms with E-state index in [0.29, 0.717) is 0 Å². The molecule has 0 N–H and O–H groups in total. The molecule has 0 unspecified atom stereocenters. The molecule has 5 nitrogen and oxygen atoms in total. The topological polar surface area (TPSA) is 35.5 Å². The molecule has 2 aliphatic heterocycles. The van der Waals surface area contributed by atoms with Gasteiger partial charge in [-0.15, -0.1) is 0 Å². The maximum absolute atomic E-state index is 4.26. The van der Waals surface area contributed by atoms with Crippen LogP contribution in [0.5, 0.6) is 0 Å². The van der Waals surface area contributed by atoms with Gasteiger partial charge in [-0.3, -0.25) is 9.80 Å². The normalized spacial score (nSPS) is 22.9. The van der Waals surface area contributed by atoms with Crippen LogP contribution in [-0.2, 0) is 6.54 Å². The van der Waals surface area contributed by atoms with Crippen LogP contribution in [0, 0.1) is 6.92 Å². The molecule has 0 saturated carbocycles. The number of hydrogen-bond donors (Lipinski definition) is 0. The Morgan fingerprint density at radius 2 is 1.70 bits per heavy atom. The molecule has 20 heavy (non-hydrogen) atoms. The summed E-state index contributed by atoms with van der Waals surface area (Å²) >= 11 is 0. The largest absolute Gasteiger partial charge is 0.301 e. The van der Waals surface area contributed by atoms with Gasteiger partial charge in [0.2, 0.25) is 0 Å². The van der Waals surface area contributed by atoms with Crippen molar-refractivity contribution in [3.8, 4) is 0 Å².